The summed E-state index contributed by atoms with van der Waals surface area (Å²) in [7, 11) is 0. The van der Waals surface area contributed by atoms with Crippen molar-refractivity contribution >= 4 is 5.96 Å². The van der Waals surface area contributed by atoms with E-state index in [0.29, 0.717) is 5.96 Å². The van der Waals surface area contributed by atoms with E-state index in [2.05, 4.69) is 16.9 Å². The van der Waals surface area contributed by atoms with Gasteiger partial charge in [0.2, 0.25) is 5.96 Å². The maximum atomic E-state index is 5.61. The van der Waals surface area contributed by atoms with Gasteiger partial charge in [-0.1, -0.05) is 6.92 Å². The molecule has 0 saturated carbocycles. The molecule has 1 fully saturated rings. The number of likely N-dealkylation sites (tertiary alicyclic amines) is 1. The van der Waals surface area contributed by atoms with Gasteiger partial charge in [0.1, 0.15) is 0 Å². The average Bonchev–Trinajstić information content (AvgIpc) is 2.29. The molecule has 0 aliphatic carbocycles. The van der Waals surface area contributed by atoms with Crippen molar-refractivity contribution in [3.05, 3.63) is 0 Å². The highest BCUT2D eigenvalue weighted by Crippen LogP contribution is 2.15. The summed E-state index contributed by atoms with van der Waals surface area (Å²) in [6.45, 7) is 4.27. The van der Waals surface area contributed by atoms with Crippen LogP contribution >= 0.6 is 0 Å². The van der Waals surface area contributed by atoms with Crippen LogP contribution in [0.4, 0.5) is 0 Å². The lowest BCUT2D eigenvalue weighted by Gasteiger charge is -2.20. The number of hydrogen-bond acceptors (Lipinski definition) is 2. The van der Waals surface area contributed by atoms with Gasteiger partial charge in [0.15, 0.2) is 0 Å². The normalized spacial score (nSPS) is 26.9. The van der Waals surface area contributed by atoms with Crippen LogP contribution in [-0.2, 0) is 0 Å². The Balaban J connectivity index is 2.46. The van der Waals surface area contributed by atoms with Gasteiger partial charge in [-0.2, -0.15) is 0 Å². The first-order valence-electron chi connectivity index (χ1n) is 4.52. The van der Waals surface area contributed by atoms with E-state index in [9.17, 15) is 0 Å². The quantitative estimate of drug-likeness (QED) is 0.238. The molecule has 0 aromatic heterocycles. The third-order valence-electron chi connectivity index (χ3n) is 2.47. The molecule has 0 aromatic carbocycles. The van der Waals surface area contributed by atoms with Crippen LogP contribution in [0.15, 0.2) is 5.10 Å². The Bertz CT molecular complexity index is 166. The molecular weight excluding hydrogens is 152 g/mol. The minimum absolute atomic E-state index is 0.476. The van der Waals surface area contributed by atoms with Gasteiger partial charge in [0, 0.05) is 13.1 Å². The second kappa shape index (κ2) is 4.18. The molecule has 0 amide bonds. The Morgan fingerprint density at radius 1 is 1.42 bits per heavy atom. The van der Waals surface area contributed by atoms with E-state index in [1.807, 2.05) is 0 Å². The van der Waals surface area contributed by atoms with Crippen LogP contribution < -0.4 is 11.6 Å². The summed E-state index contributed by atoms with van der Waals surface area (Å²) in [6, 6.07) is 0. The molecule has 4 N–H and O–H groups in total. The van der Waals surface area contributed by atoms with Gasteiger partial charge >= 0.3 is 0 Å². The first kappa shape index (κ1) is 9.16. The summed E-state index contributed by atoms with van der Waals surface area (Å²) in [5.74, 6) is 6.39. The van der Waals surface area contributed by atoms with E-state index >= 15 is 0 Å². The summed E-state index contributed by atoms with van der Waals surface area (Å²) in [4.78, 5) is 2.06. The van der Waals surface area contributed by atoms with Gasteiger partial charge in [0.05, 0.1) is 0 Å². The molecule has 1 aliphatic rings. The zero-order valence-electron chi connectivity index (χ0n) is 7.66. The maximum Gasteiger partial charge on any atom is 0.213 e. The van der Waals surface area contributed by atoms with Crippen molar-refractivity contribution in [3.63, 3.8) is 0 Å². The van der Waals surface area contributed by atoms with E-state index in [1.165, 1.54) is 19.3 Å². The predicted octanol–water partition coefficient (Wildman–Crippen LogP) is 0.297. The number of nitrogens with two attached hydrogens (primary N) is 2. The highest BCUT2D eigenvalue weighted by Gasteiger charge is 2.14. The first-order valence-corrected chi connectivity index (χ1v) is 4.52. The van der Waals surface area contributed by atoms with Crippen LogP contribution in [0.1, 0.15) is 26.2 Å². The summed E-state index contributed by atoms with van der Waals surface area (Å²) in [6.07, 6.45) is 3.67. The van der Waals surface area contributed by atoms with E-state index < -0.39 is 0 Å². The summed E-state index contributed by atoms with van der Waals surface area (Å²) in [5, 5.41) is 3.50. The average molecular weight is 170 g/mol. The SMILES string of the molecule is CC1CCCN(/C(N)=N/N)CC1. The van der Waals surface area contributed by atoms with Crippen molar-refractivity contribution in [1.82, 2.24) is 4.90 Å². The molecule has 4 heteroatoms. The molecule has 0 aromatic rings. The monoisotopic (exact) mass is 170 g/mol. The highest BCUT2D eigenvalue weighted by atomic mass is 15.3. The fraction of sp³-hybridized carbons (Fsp3) is 0.875. The Kier molecular flexibility index (Phi) is 3.19. The van der Waals surface area contributed by atoms with E-state index in [4.69, 9.17) is 11.6 Å². The molecule has 1 saturated heterocycles. The van der Waals surface area contributed by atoms with Crippen LogP contribution in [0.5, 0.6) is 0 Å². The van der Waals surface area contributed by atoms with Gasteiger partial charge in [-0.3, -0.25) is 0 Å². The first-order chi connectivity index (χ1) is 5.74. The number of hydrazone groups is 1. The maximum absolute atomic E-state index is 5.61. The largest absolute Gasteiger partial charge is 0.368 e. The number of hydrogen-bond donors (Lipinski definition) is 2. The lowest BCUT2D eigenvalue weighted by Crippen LogP contribution is -2.38. The van der Waals surface area contributed by atoms with Gasteiger partial charge in [-0.05, 0) is 25.2 Å². The fourth-order valence-electron chi connectivity index (χ4n) is 1.57. The molecule has 4 nitrogen and oxygen atoms in total. The lowest BCUT2D eigenvalue weighted by molar-refractivity contribution is 0.419. The van der Waals surface area contributed by atoms with Crippen molar-refractivity contribution in [1.29, 1.82) is 0 Å². The summed E-state index contributed by atoms with van der Waals surface area (Å²) < 4.78 is 0. The molecule has 1 heterocycles. The van der Waals surface area contributed by atoms with Gasteiger partial charge in [-0.25, -0.2) is 0 Å². The van der Waals surface area contributed by atoms with Crippen molar-refractivity contribution in [2.24, 2.45) is 22.6 Å². The third-order valence-corrected chi connectivity index (χ3v) is 2.47. The molecule has 0 spiro atoms. The molecule has 0 radical (unpaired) electrons. The second-order valence-corrected chi connectivity index (χ2v) is 3.51. The van der Waals surface area contributed by atoms with Crippen molar-refractivity contribution in [3.8, 4) is 0 Å². The van der Waals surface area contributed by atoms with Crippen molar-refractivity contribution in [2.75, 3.05) is 13.1 Å². The van der Waals surface area contributed by atoms with Crippen molar-refractivity contribution < 1.29 is 0 Å². The molecule has 70 valence electrons. The van der Waals surface area contributed by atoms with Crippen LogP contribution in [0.2, 0.25) is 0 Å². The molecule has 1 unspecified atom stereocenters. The lowest BCUT2D eigenvalue weighted by atomic mass is 10.0. The van der Waals surface area contributed by atoms with Crippen LogP contribution in [0.25, 0.3) is 0 Å². The smallest absolute Gasteiger partial charge is 0.213 e. The Labute approximate surface area is 73.6 Å². The van der Waals surface area contributed by atoms with E-state index in [0.717, 1.165) is 19.0 Å². The van der Waals surface area contributed by atoms with E-state index in [-0.39, 0.29) is 0 Å². The Morgan fingerprint density at radius 2 is 2.17 bits per heavy atom. The Morgan fingerprint density at radius 3 is 2.83 bits per heavy atom. The molecule has 1 rings (SSSR count). The van der Waals surface area contributed by atoms with Crippen LogP contribution in [0.3, 0.4) is 0 Å². The zero-order valence-corrected chi connectivity index (χ0v) is 7.66. The van der Waals surface area contributed by atoms with Crippen molar-refractivity contribution in [2.45, 2.75) is 26.2 Å². The summed E-state index contributed by atoms with van der Waals surface area (Å²) in [5.41, 5.74) is 5.61. The standard InChI is InChI=1S/C8H18N4/c1-7-3-2-5-12(6-4-7)8(9)11-10/h7H,2-6,10H2,1H3,(H2,9,11). The molecular formula is C8H18N4. The molecule has 12 heavy (non-hydrogen) atoms. The second-order valence-electron chi connectivity index (χ2n) is 3.51. The van der Waals surface area contributed by atoms with Crippen LogP contribution in [0, 0.1) is 5.92 Å². The predicted molar refractivity (Wildman–Crippen MR) is 50.4 cm³/mol. The topological polar surface area (TPSA) is 67.6 Å². The number of nitrogens with zero attached hydrogens (tertiary/aromatic N) is 2. The van der Waals surface area contributed by atoms with Gasteiger partial charge in [0.25, 0.3) is 0 Å². The van der Waals surface area contributed by atoms with Gasteiger partial charge < -0.3 is 16.5 Å². The minimum atomic E-state index is 0.476. The fourth-order valence-corrected chi connectivity index (χ4v) is 1.57. The molecule has 1 atom stereocenters. The van der Waals surface area contributed by atoms with E-state index in [1.54, 1.807) is 0 Å². The number of rotatable bonds is 0. The third kappa shape index (κ3) is 2.29. The highest BCUT2D eigenvalue weighted by molar-refractivity contribution is 5.77. The molecule has 1 aliphatic heterocycles. The van der Waals surface area contributed by atoms with Gasteiger partial charge in [-0.15, -0.1) is 5.10 Å². The van der Waals surface area contributed by atoms with Crippen LogP contribution in [-0.4, -0.2) is 23.9 Å². The Hall–Kier alpha value is -0.930. The zero-order chi connectivity index (χ0) is 8.97. The molecule has 0 bridgehead atoms. The number of guanidine groups is 1. The summed E-state index contributed by atoms with van der Waals surface area (Å²) >= 11 is 0. The minimum Gasteiger partial charge on any atom is -0.368 e.